The zero-order valence-corrected chi connectivity index (χ0v) is 15.8. The quantitative estimate of drug-likeness (QED) is 0.805. The van der Waals surface area contributed by atoms with E-state index in [9.17, 15) is 13.2 Å². The van der Waals surface area contributed by atoms with Gasteiger partial charge < -0.3 is 10.6 Å². The van der Waals surface area contributed by atoms with Crippen LogP contribution in [0, 0.1) is 0 Å². The summed E-state index contributed by atoms with van der Waals surface area (Å²) in [6, 6.07) is 9.94. The van der Waals surface area contributed by atoms with E-state index in [2.05, 4.69) is 10.6 Å². The van der Waals surface area contributed by atoms with Crippen LogP contribution in [0.4, 0.5) is 0 Å². The molecule has 0 aliphatic carbocycles. The summed E-state index contributed by atoms with van der Waals surface area (Å²) < 4.78 is 27.0. The normalized spacial score (nSPS) is 15.9. The van der Waals surface area contributed by atoms with Crippen LogP contribution in [0.25, 0.3) is 0 Å². The second kappa shape index (κ2) is 7.84. The molecule has 6 nitrogen and oxygen atoms in total. The number of hydrogen-bond acceptors (Lipinski definition) is 5. The number of nitrogens with zero attached hydrogens (tertiary/aromatic N) is 1. The number of amides is 1. The van der Waals surface area contributed by atoms with Gasteiger partial charge in [-0.05, 0) is 36.4 Å². The van der Waals surface area contributed by atoms with Crippen LogP contribution in [0.1, 0.15) is 15.2 Å². The Morgan fingerprint density at radius 1 is 1.16 bits per heavy atom. The number of carbonyl (C=O) groups excluding carboxylic acids is 1. The number of carbonyl (C=O) groups is 1. The van der Waals surface area contributed by atoms with Crippen molar-refractivity contribution in [3.8, 4) is 0 Å². The first kappa shape index (κ1) is 18.3. The molecule has 134 valence electrons. The van der Waals surface area contributed by atoms with E-state index in [1.54, 1.807) is 36.4 Å². The van der Waals surface area contributed by atoms with E-state index in [0.29, 0.717) is 41.0 Å². The third-order valence-electron chi connectivity index (χ3n) is 3.84. The molecule has 1 saturated heterocycles. The van der Waals surface area contributed by atoms with Crippen LogP contribution in [0.3, 0.4) is 0 Å². The summed E-state index contributed by atoms with van der Waals surface area (Å²) in [7, 11) is -3.45. The fourth-order valence-corrected chi connectivity index (χ4v) is 5.49. The number of rotatable bonds is 5. The number of sulfonamides is 1. The smallest absolute Gasteiger partial charge is 0.252 e. The molecule has 2 heterocycles. The van der Waals surface area contributed by atoms with Gasteiger partial charge in [0.15, 0.2) is 0 Å². The Morgan fingerprint density at radius 3 is 2.52 bits per heavy atom. The highest BCUT2D eigenvalue weighted by molar-refractivity contribution is 7.91. The summed E-state index contributed by atoms with van der Waals surface area (Å²) >= 11 is 6.99. The molecular formula is C16H18ClN3O3S2. The highest BCUT2D eigenvalue weighted by atomic mass is 35.5. The molecule has 1 amide bonds. The number of nitrogens with one attached hydrogen (secondary N) is 2. The van der Waals surface area contributed by atoms with Crippen LogP contribution in [-0.2, 0) is 16.6 Å². The number of benzene rings is 1. The Kier molecular flexibility index (Phi) is 5.75. The Labute approximate surface area is 155 Å². The molecule has 1 aromatic heterocycles. The van der Waals surface area contributed by atoms with Gasteiger partial charge >= 0.3 is 0 Å². The van der Waals surface area contributed by atoms with E-state index in [-0.39, 0.29) is 12.5 Å². The van der Waals surface area contributed by atoms with Crippen LogP contribution in [0.2, 0.25) is 5.02 Å². The lowest BCUT2D eigenvalue weighted by atomic mass is 10.2. The third kappa shape index (κ3) is 4.39. The highest BCUT2D eigenvalue weighted by Gasteiger charge is 2.27. The number of thiophene rings is 1. The van der Waals surface area contributed by atoms with Gasteiger partial charge in [0.2, 0.25) is 0 Å². The minimum absolute atomic E-state index is 0.225. The van der Waals surface area contributed by atoms with Gasteiger partial charge in [-0.2, -0.15) is 4.31 Å². The maximum absolute atomic E-state index is 12.6. The van der Waals surface area contributed by atoms with Gasteiger partial charge in [0.05, 0.1) is 6.54 Å². The standard InChI is InChI=1S/C16H18ClN3O3S2/c17-13-3-1-12(2-4-13)16(21)19-11-14-5-6-15(24-14)25(22,23)20-9-7-18-8-10-20/h1-6,18H,7-11H2,(H,19,21). The van der Waals surface area contributed by atoms with Gasteiger partial charge in [-0.1, -0.05) is 11.6 Å². The molecule has 0 unspecified atom stereocenters. The van der Waals surface area contributed by atoms with Crippen molar-refractivity contribution in [3.05, 3.63) is 51.9 Å². The van der Waals surface area contributed by atoms with Crippen molar-refractivity contribution in [2.24, 2.45) is 0 Å². The molecule has 1 aromatic carbocycles. The predicted molar refractivity (Wildman–Crippen MR) is 98.6 cm³/mol. The van der Waals surface area contributed by atoms with Gasteiger partial charge in [-0.25, -0.2) is 8.42 Å². The van der Waals surface area contributed by atoms with Gasteiger partial charge in [0.25, 0.3) is 15.9 Å². The molecule has 1 aliphatic heterocycles. The van der Waals surface area contributed by atoms with Gasteiger partial charge in [0.1, 0.15) is 4.21 Å². The molecule has 0 saturated carbocycles. The first-order valence-corrected chi connectivity index (χ1v) is 10.4. The second-order valence-corrected chi connectivity index (χ2v) is 9.33. The molecule has 2 N–H and O–H groups in total. The second-order valence-electron chi connectivity index (χ2n) is 5.56. The van der Waals surface area contributed by atoms with E-state index >= 15 is 0 Å². The van der Waals surface area contributed by atoms with E-state index in [0.717, 1.165) is 4.88 Å². The monoisotopic (exact) mass is 399 g/mol. The van der Waals surface area contributed by atoms with Crippen molar-refractivity contribution in [3.63, 3.8) is 0 Å². The summed E-state index contributed by atoms with van der Waals surface area (Å²) in [6.45, 7) is 2.55. The van der Waals surface area contributed by atoms with Gasteiger partial charge in [-0.15, -0.1) is 11.3 Å². The van der Waals surface area contributed by atoms with Gasteiger partial charge in [-0.3, -0.25) is 4.79 Å². The van der Waals surface area contributed by atoms with Gasteiger partial charge in [0, 0.05) is 41.6 Å². The zero-order chi connectivity index (χ0) is 17.9. The number of hydrogen-bond donors (Lipinski definition) is 2. The molecule has 0 radical (unpaired) electrons. The Hall–Kier alpha value is -1.45. The van der Waals surface area contributed by atoms with Crippen molar-refractivity contribution in [2.75, 3.05) is 26.2 Å². The first-order valence-electron chi connectivity index (χ1n) is 7.80. The van der Waals surface area contributed by atoms with Crippen LogP contribution in [-0.4, -0.2) is 44.8 Å². The SMILES string of the molecule is O=C(NCc1ccc(S(=O)(=O)N2CCNCC2)s1)c1ccc(Cl)cc1. The maximum Gasteiger partial charge on any atom is 0.252 e. The number of piperazine rings is 1. The average molecular weight is 400 g/mol. The topological polar surface area (TPSA) is 78.5 Å². The lowest BCUT2D eigenvalue weighted by Crippen LogP contribution is -2.46. The summed E-state index contributed by atoms with van der Waals surface area (Å²) in [4.78, 5) is 12.9. The Bertz CT molecular complexity index is 844. The zero-order valence-electron chi connectivity index (χ0n) is 13.4. The average Bonchev–Trinajstić information content (AvgIpc) is 3.11. The van der Waals surface area contributed by atoms with Crippen molar-refractivity contribution in [1.82, 2.24) is 14.9 Å². The van der Waals surface area contributed by atoms with Crippen LogP contribution in [0.15, 0.2) is 40.6 Å². The highest BCUT2D eigenvalue weighted by Crippen LogP contribution is 2.25. The minimum atomic E-state index is -3.45. The lowest BCUT2D eigenvalue weighted by Gasteiger charge is -2.25. The third-order valence-corrected chi connectivity index (χ3v) is 7.54. The largest absolute Gasteiger partial charge is 0.347 e. The lowest BCUT2D eigenvalue weighted by molar-refractivity contribution is 0.0951. The van der Waals surface area contributed by atoms with Crippen molar-refractivity contribution in [2.45, 2.75) is 10.8 Å². The van der Waals surface area contributed by atoms with Crippen LogP contribution < -0.4 is 10.6 Å². The molecule has 1 fully saturated rings. The maximum atomic E-state index is 12.6. The molecular weight excluding hydrogens is 382 g/mol. The molecule has 0 bridgehead atoms. The molecule has 1 aliphatic rings. The Balaban J connectivity index is 1.63. The fraction of sp³-hybridized carbons (Fsp3) is 0.312. The molecule has 2 aromatic rings. The molecule has 0 spiro atoms. The molecule has 3 rings (SSSR count). The molecule has 9 heteroatoms. The fourth-order valence-electron chi connectivity index (χ4n) is 2.47. The van der Waals surface area contributed by atoms with E-state index in [1.807, 2.05) is 0 Å². The molecule has 25 heavy (non-hydrogen) atoms. The number of halogens is 1. The van der Waals surface area contributed by atoms with Crippen molar-refractivity contribution >= 4 is 38.9 Å². The summed E-state index contributed by atoms with van der Waals surface area (Å²) in [5.74, 6) is -0.225. The summed E-state index contributed by atoms with van der Waals surface area (Å²) in [5.41, 5.74) is 0.509. The summed E-state index contributed by atoms with van der Waals surface area (Å²) in [5, 5.41) is 6.49. The van der Waals surface area contributed by atoms with Crippen LogP contribution in [0.5, 0.6) is 0 Å². The van der Waals surface area contributed by atoms with Crippen molar-refractivity contribution < 1.29 is 13.2 Å². The Morgan fingerprint density at radius 2 is 1.84 bits per heavy atom. The van der Waals surface area contributed by atoms with E-state index in [1.165, 1.54) is 15.6 Å². The van der Waals surface area contributed by atoms with E-state index < -0.39 is 10.0 Å². The summed E-state index contributed by atoms with van der Waals surface area (Å²) in [6.07, 6.45) is 0. The molecule has 0 atom stereocenters. The minimum Gasteiger partial charge on any atom is -0.347 e. The van der Waals surface area contributed by atoms with Crippen molar-refractivity contribution in [1.29, 1.82) is 0 Å². The van der Waals surface area contributed by atoms with E-state index in [4.69, 9.17) is 11.6 Å². The first-order chi connectivity index (χ1) is 12.0. The van der Waals surface area contributed by atoms with Crippen LogP contribution >= 0.6 is 22.9 Å². The predicted octanol–water partition coefficient (Wildman–Crippen LogP) is 1.93.